The van der Waals surface area contributed by atoms with E-state index in [0.29, 0.717) is 6.54 Å². The molecule has 126 valence electrons. The molecule has 0 bridgehead atoms. The van der Waals surface area contributed by atoms with Gasteiger partial charge in [-0.3, -0.25) is 9.69 Å². The number of benzene rings is 1. The maximum atomic E-state index is 11.1. The summed E-state index contributed by atoms with van der Waals surface area (Å²) >= 11 is 0. The monoisotopic (exact) mass is 347 g/mol. The first-order valence-electron chi connectivity index (χ1n) is 7.44. The van der Waals surface area contributed by atoms with Crippen LogP contribution in [0.4, 0.5) is 0 Å². The Bertz CT molecular complexity index is 440. The highest BCUT2D eigenvalue weighted by atomic mass is 35.5. The van der Waals surface area contributed by atoms with Gasteiger partial charge in [0.2, 0.25) is 5.91 Å². The molecule has 1 saturated heterocycles. The second kappa shape index (κ2) is 10.8. The summed E-state index contributed by atoms with van der Waals surface area (Å²) in [4.78, 5) is 13.6. The molecule has 1 atom stereocenters. The minimum absolute atomic E-state index is 0. The molecule has 3 N–H and O–H groups in total. The molecule has 22 heavy (non-hydrogen) atoms. The number of hydrogen-bond acceptors (Lipinski definition) is 3. The second-order valence-electron chi connectivity index (χ2n) is 5.78. The van der Waals surface area contributed by atoms with E-state index in [1.54, 1.807) is 0 Å². The van der Waals surface area contributed by atoms with Gasteiger partial charge in [-0.15, -0.1) is 24.8 Å². The molecule has 4 nitrogen and oxygen atoms in total. The molecule has 1 amide bonds. The number of nitrogens with zero attached hydrogens (tertiary/aromatic N) is 1. The first kappa shape index (κ1) is 21.2. The number of likely N-dealkylation sites (tertiary alicyclic amines) is 1. The molecule has 0 radical (unpaired) electrons. The van der Waals surface area contributed by atoms with Crippen LogP contribution in [0.15, 0.2) is 24.3 Å². The summed E-state index contributed by atoms with van der Waals surface area (Å²) in [5.74, 6) is 0.700. The van der Waals surface area contributed by atoms with Gasteiger partial charge in [-0.2, -0.15) is 0 Å². The molecule has 2 rings (SSSR count). The maximum Gasteiger partial charge on any atom is 0.234 e. The lowest BCUT2D eigenvalue weighted by molar-refractivity contribution is -0.119. The Kier molecular flexibility index (Phi) is 10.4. The van der Waals surface area contributed by atoms with Crippen LogP contribution in [-0.2, 0) is 17.9 Å². The van der Waals surface area contributed by atoms with Crippen LogP contribution in [0.3, 0.4) is 0 Å². The standard InChI is InChI=1S/C16H25N3O.2ClH/c1-13-3-2-8-19(11-13)12-15-6-4-14(5-7-15)10-18-16(20)9-17;;/h4-7,13H,2-3,8-12,17H2,1H3,(H,18,20);2*1H. The van der Waals surface area contributed by atoms with Crippen LogP contribution in [0.25, 0.3) is 0 Å². The van der Waals surface area contributed by atoms with Crippen molar-refractivity contribution in [2.45, 2.75) is 32.9 Å². The van der Waals surface area contributed by atoms with Crippen LogP contribution in [0.2, 0.25) is 0 Å². The molecule has 1 aromatic carbocycles. The topological polar surface area (TPSA) is 58.4 Å². The lowest BCUT2D eigenvalue weighted by Crippen LogP contribution is -2.33. The van der Waals surface area contributed by atoms with Gasteiger partial charge in [0, 0.05) is 19.6 Å². The third-order valence-electron chi connectivity index (χ3n) is 3.85. The van der Waals surface area contributed by atoms with Crippen molar-refractivity contribution in [3.05, 3.63) is 35.4 Å². The van der Waals surface area contributed by atoms with Crippen LogP contribution in [-0.4, -0.2) is 30.4 Å². The van der Waals surface area contributed by atoms with E-state index >= 15 is 0 Å². The van der Waals surface area contributed by atoms with Crippen molar-refractivity contribution in [3.8, 4) is 0 Å². The first-order chi connectivity index (χ1) is 9.67. The smallest absolute Gasteiger partial charge is 0.234 e. The summed E-state index contributed by atoms with van der Waals surface area (Å²) < 4.78 is 0. The predicted octanol–water partition coefficient (Wildman–Crippen LogP) is 2.34. The zero-order valence-electron chi connectivity index (χ0n) is 13.1. The number of carbonyl (C=O) groups excluding carboxylic acids is 1. The van der Waals surface area contributed by atoms with Gasteiger partial charge in [-0.25, -0.2) is 0 Å². The minimum Gasteiger partial charge on any atom is -0.351 e. The van der Waals surface area contributed by atoms with E-state index in [-0.39, 0.29) is 37.3 Å². The van der Waals surface area contributed by atoms with Crippen molar-refractivity contribution >= 4 is 30.7 Å². The second-order valence-corrected chi connectivity index (χ2v) is 5.78. The van der Waals surface area contributed by atoms with Crippen LogP contribution in [0.5, 0.6) is 0 Å². The lowest BCUT2D eigenvalue weighted by Gasteiger charge is -2.30. The Morgan fingerprint density at radius 3 is 2.50 bits per heavy atom. The van der Waals surface area contributed by atoms with Gasteiger partial charge < -0.3 is 11.1 Å². The van der Waals surface area contributed by atoms with Gasteiger partial charge >= 0.3 is 0 Å². The van der Waals surface area contributed by atoms with Crippen molar-refractivity contribution in [1.82, 2.24) is 10.2 Å². The molecule has 1 unspecified atom stereocenters. The number of halogens is 2. The summed E-state index contributed by atoms with van der Waals surface area (Å²) in [5.41, 5.74) is 7.71. The molecule has 0 aromatic heterocycles. The fourth-order valence-electron chi connectivity index (χ4n) is 2.72. The third kappa shape index (κ3) is 6.97. The van der Waals surface area contributed by atoms with Gasteiger partial charge in [0.05, 0.1) is 6.54 Å². The SMILES string of the molecule is CC1CCCN(Cc2ccc(CNC(=O)CN)cc2)C1.Cl.Cl. The Morgan fingerprint density at radius 1 is 1.27 bits per heavy atom. The summed E-state index contributed by atoms with van der Waals surface area (Å²) in [6.45, 7) is 6.37. The molecule has 6 heteroatoms. The van der Waals surface area contributed by atoms with E-state index in [1.165, 1.54) is 31.5 Å². The number of nitrogens with one attached hydrogen (secondary N) is 1. The van der Waals surface area contributed by atoms with Crippen molar-refractivity contribution < 1.29 is 4.79 Å². The Morgan fingerprint density at radius 2 is 1.91 bits per heavy atom. The highest BCUT2D eigenvalue weighted by Gasteiger charge is 2.15. The summed E-state index contributed by atoms with van der Waals surface area (Å²) in [6.07, 6.45) is 2.67. The molecule has 1 aromatic rings. The van der Waals surface area contributed by atoms with E-state index in [0.717, 1.165) is 18.0 Å². The van der Waals surface area contributed by atoms with Crippen molar-refractivity contribution in [2.75, 3.05) is 19.6 Å². The van der Waals surface area contributed by atoms with Crippen molar-refractivity contribution in [1.29, 1.82) is 0 Å². The number of nitrogens with two attached hydrogens (primary N) is 1. The summed E-state index contributed by atoms with van der Waals surface area (Å²) in [5, 5.41) is 2.78. The molecule has 1 fully saturated rings. The summed E-state index contributed by atoms with van der Waals surface area (Å²) in [6, 6.07) is 8.48. The fourth-order valence-corrected chi connectivity index (χ4v) is 2.72. The van der Waals surface area contributed by atoms with Crippen LogP contribution < -0.4 is 11.1 Å². The molecule has 1 aliphatic rings. The van der Waals surface area contributed by atoms with Gasteiger partial charge in [0.25, 0.3) is 0 Å². The lowest BCUT2D eigenvalue weighted by atomic mass is 9.99. The number of amides is 1. The average molecular weight is 348 g/mol. The Balaban J connectivity index is 0.00000220. The fraction of sp³-hybridized carbons (Fsp3) is 0.562. The number of rotatable bonds is 5. The number of piperidine rings is 1. The largest absolute Gasteiger partial charge is 0.351 e. The van der Waals surface area contributed by atoms with Crippen molar-refractivity contribution in [3.63, 3.8) is 0 Å². The van der Waals surface area contributed by atoms with Gasteiger partial charge in [0.15, 0.2) is 0 Å². The van der Waals surface area contributed by atoms with E-state index < -0.39 is 0 Å². The predicted molar refractivity (Wildman–Crippen MR) is 95.5 cm³/mol. The molecule has 0 spiro atoms. The molecule has 0 saturated carbocycles. The van der Waals surface area contributed by atoms with Gasteiger partial charge in [0.1, 0.15) is 0 Å². The first-order valence-corrected chi connectivity index (χ1v) is 7.44. The molecular formula is C16H27Cl2N3O. The van der Waals surface area contributed by atoms with Crippen LogP contribution >= 0.6 is 24.8 Å². The molecule has 1 aliphatic heterocycles. The minimum atomic E-state index is -0.114. The highest BCUT2D eigenvalue weighted by molar-refractivity contribution is 5.85. The highest BCUT2D eigenvalue weighted by Crippen LogP contribution is 2.18. The number of carbonyl (C=O) groups is 1. The van der Waals surface area contributed by atoms with Gasteiger partial charge in [-0.05, 0) is 36.4 Å². The molecule has 1 heterocycles. The van der Waals surface area contributed by atoms with Crippen molar-refractivity contribution in [2.24, 2.45) is 11.7 Å². The molecular weight excluding hydrogens is 321 g/mol. The van der Waals surface area contributed by atoms with Crippen LogP contribution in [0.1, 0.15) is 30.9 Å². The summed E-state index contributed by atoms with van der Waals surface area (Å²) in [7, 11) is 0. The number of hydrogen-bond donors (Lipinski definition) is 2. The van der Waals surface area contributed by atoms with E-state index in [2.05, 4.69) is 41.4 Å². The normalized spacial score (nSPS) is 18.0. The zero-order chi connectivity index (χ0) is 14.4. The average Bonchev–Trinajstić information content (AvgIpc) is 2.46. The van der Waals surface area contributed by atoms with E-state index in [9.17, 15) is 4.79 Å². The zero-order valence-corrected chi connectivity index (χ0v) is 14.7. The van der Waals surface area contributed by atoms with Gasteiger partial charge in [-0.1, -0.05) is 31.2 Å². The Hall–Kier alpha value is -0.810. The maximum absolute atomic E-state index is 11.1. The van der Waals surface area contributed by atoms with E-state index in [4.69, 9.17) is 5.73 Å². The van der Waals surface area contributed by atoms with E-state index in [1.807, 2.05) is 0 Å². The third-order valence-corrected chi connectivity index (χ3v) is 3.85. The molecule has 0 aliphatic carbocycles. The quantitative estimate of drug-likeness (QED) is 0.859. The Labute approximate surface area is 145 Å². The van der Waals surface area contributed by atoms with Crippen LogP contribution in [0, 0.1) is 5.92 Å².